The zero-order chi connectivity index (χ0) is 28.4. The largest absolute Gasteiger partial charge is 0.444 e. The molecule has 3 aliphatic rings. The Balaban J connectivity index is 1.28. The molecule has 0 radical (unpaired) electrons. The first-order valence-electron chi connectivity index (χ1n) is 13.6. The van der Waals surface area contributed by atoms with Gasteiger partial charge in [-0.2, -0.15) is 15.5 Å². The van der Waals surface area contributed by atoms with Gasteiger partial charge in [-0.15, -0.1) is 0 Å². The molecular formula is C27H28N8O2. The second-order valence-electron chi connectivity index (χ2n) is 10.5. The van der Waals surface area contributed by atoms with Crippen molar-refractivity contribution in [2.24, 2.45) is 6.98 Å². The summed E-state index contributed by atoms with van der Waals surface area (Å²) in [5, 5.41) is 18.0. The molecule has 4 aromatic heterocycles. The lowest BCUT2D eigenvalue weighted by molar-refractivity contribution is -0.0380. The third-order valence-corrected chi connectivity index (χ3v) is 6.83. The van der Waals surface area contributed by atoms with Gasteiger partial charge >= 0.3 is 6.09 Å². The average Bonchev–Trinajstić information content (AvgIpc) is 3.55. The summed E-state index contributed by atoms with van der Waals surface area (Å²) in [7, 11) is 0. The molecule has 0 aromatic carbocycles. The Hall–Kier alpha value is -4.39. The number of rotatable bonds is 3. The lowest BCUT2D eigenvalue weighted by Gasteiger charge is -2.56. The Kier molecular flexibility index (Phi) is 4.45. The van der Waals surface area contributed by atoms with Crippen molar-refractivity contribution in [3.63, 3.8) is 0 Å². The van der Waals surface area contributed by atoms with Crippen molar-refractivity contribution < 1.29 is 13.6 Å². The highest BCUT2D eigenvalue weighted by atomic mass is 16.6. The van der Waals surface area contributed by atoms with Gasteiger partial charge in [0, 0.05) is 65.0 Å². The van der Waals surface area contributed by atoms with E-state index < -0.39 is 12.6 Å². The maximum absolute atomic E-state index is 12.6. The summed E-state index contributed by atoms with van der Waals surface area (Å²) < 4.78 is 31.0. The molecule has 7 rings (SSSR count). The smallest absolute Gasteiger partial charge is 0.410 e. The molecule has 10 heteroatoms. The van der Waals surface area contributed by atoms with Crippen LogP contribution in [0.2, 0.25) is 0 Å². The van der Waals surface area contributed by atoms with E-state index in [1.807, 2.05) is 43.9 Å². The molecule has 188 valence electrons. The third-order valence-electron chi connectivity index (χ3n) is 6.83. The van der Waals surface area contributed by atoms with Gasteiger partial charge in [0.1, 0.15) is 17.5 Å². The van der Waals surface area contributed by atoms with Gasteiger partial charge in [-0.1, -0.05) is 0 Å². The van der Waals surface area contributed by atoms with Crippen molar-refractivity contribution in [1.82, 2.24) is 29.3 Å². The standard InChI is InChI=1S/C27H28N8O2/c1-27(2,3)37-26(36)35-21-8-22(35)16-33(15-21)24-6-5-17(10-29-24)23-7-18(20-12-30-32(4)13-20)14-34-25(23)19(9-28)11-31-34/h5-7,10-14,21-22H,8,15-16H2,1-4H3/i4D3. The van der Waals surface area contributed by atoms with Gasteiger partial charge in [-0.25, -0.2) is 14.3 Å². The number of pyridine rings is 2. The van der Waals surface area contributed by atoms with Crippen LogP contribution in [0, 0.1) is 11.3 Å². The lowest BCUT2D eigenvalue weighted by Crippen LogP contribution is -2.70. The van der Waals surface area contributed by atoms with Crippen molar-refractivity contribution in [2.75, 3.05) is 18.0 Å². The number of nitrogens with zero attached hydrogens (tertiary/aromatic N) is 8. The number of hydrogen-bond acceptors (Lipinski definition) is 7. The molecule has 10 nitrogen and oxygen atoms in total. The predicted molar refractivity (Wildman–Crippen MR) is 138 cm³/mol. The van der Waals surface area contributed by atoms with Crippen LogP contribution in [0.25, 0.3) is 27.8 Å². The number of carbonyl (C=O) groups excluding carboxylic acids is 1. The average molecular weight is 500 g/mol. The van der Waals surface area contributed by atoms with E-state index >= 15 is 0 Å². The Morgan fingerprint density at radius 1 is 1.11 bits per heavy atom. The summed E-state index contributed by atoms with van der Waals surface area (Å²) >= 11 is 0. The second kappa shape index (κ2) is 8.34. The van der Waals surface area contributed by atoms with Crippen LogP contribution < -0.4 is 4.90 Å². The molecule has 3 fully saturated rings. The first kappa shape index (κ1) is 19.8. The van der Waals surface area contributed by atoms with Crippen LogP contribution in [0.1, 0.15) is 36.9 Å². The molecule has 4 aromatic rings. The monoisotopic (exact) mass is 499 g/mol. The Morgan fingerprint density at radius 2 is 1.92 bits per heavy atom. The van der Waals surface area contributed by atoms with E-state index in [9.17, 15) is 10.1 Å². The van der Waals surface area contributed by atoms with Crippen molar-refractivity contribution in [3.05, 3.63) is 54.7 Å². The van der Waals surface area contributed by atoms with Crippen LogP contribution in [0.15, 0.2) is 49.2 Å². The number of aryl methyl sites for hydroxylation is 1. The molecule has 2 unspecified atom stereocenters. The van der Waals surface area contributed by atoms with Gasteiger partial charge in [0.05, 0.1) is 35.6 Å². The summed E-state index contributed by atoms with van der Waals surface area (Å²) in [6, 6.07) is 8.16. The minimum Gasteiger partial charge on any atom is -0.444 e. The quantitative estimate of drug-likeness (QED) is 0.421. The molecule has 7 heterocycles. The highest BCUT2D eigenvalue weighted by Crippen LogP contribution is 2.36. The number of nitriles is 1. The number of carbonyl (C=O) groups is 1. The minimum absolute atomic E-state index is 0.0900. The Bertz CT molecular complexity index is 1630. The summed E-state index contributed by atoms with van der Waals surface area (Å²) in [6.07, 6.45) is 8.67. The van der Waals surface area contributed by atoms with Gasteiger partial charge in [0.25, 0.3) is 0 Å². The number of ether oxygens (including phenoxy) is 1. The fourth-order valence-electron chi connectivity index (χ4n) is 5.20. The van der Waals surface area contributed by atoms with Crippen molar-refractivity contribution in [2.45, 2.75) is 44.9 Å². The van der Waals surface area contributed by atoms with Crippen LogP contribution in [-0.2, 0) is 11.7 Å². The number of anilines is 1. The number of fused-ring (bicyclic) bond motifs is 3. The fraction of sp³-hybridized carbons (Fsp3) is 0.370. The van der Waals surface area contributed by atoms with E-state index in [0.717, 1.165) is 28.0 Å². The summed E-state index contributed by atoms with van der Waals surface area (Å²) in [5.74, 6) is 0.808. The van der Waals surface area contributed by atoms with E-state index in [2.05, 4.69) is 21.2 Å². The van der Waals surface area contributed by atoms with Crippen LogP contribution >= 0.6 is 0 Å². The molecule has 0 saturated carbocycles. The zero-order valence-corrected chi connectivity index (χ0v) is 20.8. The van der Waals surface area contributed by atoms with Crippen molar-refractivity contribution in [1.29, 1.82) is 5.26 Å². The van der Waals surface area contributed by atoms with Crippen LogP contribution in [-0.4, -0.2) is 66.1 Å². The van der Waals surface area contributed by atoms with Gasteiger partial charge < -0.3 is 9.64 Å². The summed E-state index contributed by atoms with van der Waals surface area (Å²) in [5.41, 5.74) is 3.36. The number of piperidine rings is 1. The van der Waals surface area contributed by atoms with Crippen LogP contribution in [0.5, 0.6) is 0 Å². The van der Waals surface area contributed by atoms with E-state index in [4.69, 9.17) is 13.8 Å². The maximum atomic E-state index is 12.6. The zero-order valence-electron chi connectivity index (χ0n) is 23.8. The molecule has 2 bridgehead atoms. The SMILES string of the molecule is [2H]C([2H])([2H])n1cc(-c2cc(-c3ccc(N4CC5CC(C4)N5C(=O)OC(C)(C)C)nc3)c3c(C#N)cnn3c2)cn1. The van der Waals surface area contributed by atoms with Crippen molar-refractivity contribution in [3.8, 4) is 28.3 Å². The molecule has 0 spiro atoms. The van der Waals surface area contributed by atoms with Gasteiger partial charge in [-0.05, 0) is 45.4 Å². The predicted octanol–water partition coefficient (Wildman–Crippen LogP) is 3.87. The maximum Gasteiger partial charge on any atom is 0.410 e. The number of piperazine rings is 1. The number of aromatic nitrogens is 5. The van der Waals surface area contributed by atoms with Crippen LogP contribution in [0.3, 0.4) is 0 Å². The molecular weight excluding hydrogens is 468 g/mol. The van der Waals surface area contributed by atoms with E-state index in [1.165, 1.54) is 18.6 Å². The molecule has 2 atom stereocenters. The minimum atomic E-state index is -2.39. The molecule has 1 amide bonds. The molecule has 3 aliphatic heterocycles. The molecule has 37 heavy (non-hydrogen) atoms. The second-order valence-corrected chi connectivity index (χ2v) is 10.5. The topological polar surface area (TPSA) is 105 Å². The Labute approximate surface area is 218 Å². The van der Waals surface area contributed by atoms with Gasteiger partial charge in [0.15, 0.2) is 0 Å². The van der Waals surface area contributed by atoms with Gasteiger partial charge in [0.2, 0.25) is 0 Å². The van der Waals surface area contributed by atoms with E-state index in [1.54, 1.807) is 16.9 Å². The fourth-order valence-corrected chi connectivity index (χ4v) is 5.20. The first-order chi connectivity index (χ1) is 18.9. The molecule has 0 N–H and O–H groups in total. The number of amides is 1. The Morgan fingerprint density at radius 3 is 2.57 bits per heavy atom. The van der Waals surface area contributed by atoms with E-state index in [0.29, 0.717) is 35.3 Å². The highest BCUT2D eigenvalue weighted by molar-refractivity contribution is 5.87. The van der Waals surface area contributed by atoms with Gasteiger partial charge in [-0.3, -0.25) is 9.58 Å². The number of hydrogen-bond donors (Lipinski definition) is 0. The molecule has 3 saturated heterocycles. The molecule has 0 aliphatic carbocycles. The van der Waals surface area contributed by atoms with E-state index in [-0.39, 0.29) is 18.2 Å². The summed E-state index contributed by atoms with van der Waals surface area (Å²) in [6.45, 7) is 4.58. The van der Waals surface area contributed by atoms with Crippen molar-refractivity contribution >= 4 is 17.4 Å². The van der Waals surface area contributed by atoms with Crippen LogP contribution in [0.4, 0.5) is 10.6 Å². The first-order valence-corrected chi connectivity index (χ1v) is 12.1. The lowest BCUT2D eigenvalue weighted by atomic mass is 9.88. The third kappa shape index (κ3) is 4.06. The highest BCUT2D eigenvalue weighted by Gasteiger charge is 2.49. The summed E-state index contributed by atoms with van der Waals surface area (Å²) in [4.78, 5) is 21.4. The normalized spacial score (nSPS) is 20.5.